The average molecular weight is 299 g/mol. The van der Waals surface area contributed by atoms with Crippen LogP contribution in [0.25, 0.3) is 0 Å². The second-order valence-corrected chi connectivity index (χ2v) is 6.08. The molecule has 0 saturated heterocycles. The zero-order chi connectivity index (χ0) is 16.6. The number of nitrogens with zero attached hydrogens (tertiary/aromatic N) is 1. The van der Waals surface area contributed by atoms with E-state index < -0.39 is 17.7 Å². The molecule has 0 aliphatic rings. The molecule has 0 N–H and O–H groups in total. The largest absolute Gasteiger partial charge is 0.463 e. The highest BCUT2D eigenvalue weighted by Gasteiger charge is 2.26. The van der Waals surface area contributed by atoms with E-state index in [0.717, 1.165) is 6.42 Å². The summed E-state index contributed by atoms with van der Waals surface area (Å²) in [6.07, 6.45) is 3.56. The zero-order valence-electron chi connectivity index (χ0n) is 14.3. The van der Waals surface area contributed by atoms with Crippen molar-refractivity contribution in [2.24, 2.45) is 5.92 Å². The Hall–Kier alpha value is -1.52. The Kier molecular flexibility index (Phi) is 8.07. The number of carbonyl (C=O) groups excluding carboxylic acids is 2. The summed E-state index contributed by atoms with van der Waals surface area (Å²) in [5.74, 6) is -0.198. The Morgan fingerprint density at radius 3 is 2.24 bits per heavy atom. The summed E-state index contributed by atoms with van der Waals surface area (Å²) < 4.78 is 10.2. The molecule has 0 unspecified atom stereocenters. The maximum atomic E-state index is 12.1. The first-order valence-electron chi connectivity index (χ1n) is 7.43. The fraction of sp³-hybridized carbons (Fsp3) is 0.750. The lowest BCUT2D eigenvalue weighted by Crippen LogP contribution is -2.42. The van der Waals surface area contributed by atoms with Crippen molar-refractivity contribution in [2.75, 3.05) is 13.7 Å². The fourth-order valence-corrected chi connectivity index (χ4v) is 1.77. The van der Waals surface area contributed by atoms with E-state index in [0.29, 0.717) is 6.61 Å². The van der Waals surface area contributed by atoms with Gasteiger partial charge in [-0.15, -0.1) is 0 Å². The molecule has 0 bridgehead atoms. The van der Waals surface area contributed by atoms with Crippen LogP contribution in [0.3, 0.4) is 0 Å². The molecule has 0 fully saturated rings. The number of esters is 1. The van der Waals surface area contributed by atoms with Crippen LogP contribution in [-0.4, -0.2) is 42.3 Å². The van der Waals surface area contributed by atoms with Gasteiger partial charge in [-0.05, 0) is 33.6 Å². The number of likely N-dealkylation sites (N-methyl/N-ethyl adjacent to an activating group) is 1. The molecule has 0 aromatic rings. The Morgan fingerprint density at radius 2 is 1.81 bits per heavy atom. The van der Waals surface area contributed by atoms with Crippen molar-refractivity contribution < 1.29 is 19.1 Å². The lowest BCUT2D eigenvalue weighted by molar-refractivity contribution is -0.137. The van der Waals surface area contributed by atoms with Gasteiger partial charge in [-0.2, -0.15) is 0 Å². The third kappa shape index (κ3) is 7.73. The Morgan fingerprint density at radius 1 is 1.24 bits per heavy atom. The summed E-state index contributed by atoms with van der Waals surface area (Å²) in [6, 6.07) is -0.214. The Balaban J connectivity index is 4.98. The third-order valence-corrected chi connectivity index (χ3v) is 3.07. The lowest BCUT2D eigenvalue weighted by atomic mass is 9.97. The van der Waals surface area contributed by atoms with Gasteiger partial charge in [0.2, 0.25) is 0 Å². The summed E-state index contributed by atoms with van der Waals surface area (Å²) in [6.45, 7) is 11.6. The van der Waals surface area contributed by atoms with Crippen LogP contribution in [0.15, 0.2) is 12.2 Å². The van der Waals surface area contributed by atoms with Crippen molar-refractivity contribution in [2.45, 2.75) is 59.6 Å². The molecule has 122 valence electrons. The van der Waals surface area contributed by atoms with Crippen LogP contribution in [-0.2, 0) is 14.3 Å². The maximum Gasteiger partial charge on any atom is 0.410 e. The summed E-state index contributed by atoms with van der Waals surface area (Å²) in [5.41, 5.74) is -0.545. The summed E-state index contributed by atoms with van der Waals surface area (Å²) in [5, 5.41) is 0. The predicted molar refractivity (Wildman–Crippen MR) is 83.0 cm³/mol. The first kappa shape index (κ1) is 19.5. The van der Waals surface area contributed by atoms with Crippen molar-refractivity contribution in [3.05, 3.63) is 12.2 Å². The molecule has 0 rings (SSSR count). The molecule has 5 heteroatoms. The van der Waals surface area contributed by atoms with E-state index in [1.54, 1.807) is 20.0 Å². The lowest BCUT2D eigenvalue weighted by Gasteiger charge is -2.32. The van der Waals surface area contributed by atoms with Crippen LogP contribution < -0.4 is 0 Å². The minimum atomic E-state index is -0.545. The number of ether oxygens (including phenoxy) is 2. The van der Waals surface area contributed by atoms with Crippen molar-refractivity contribution in [1.82, 2.24) is 4.90 Å². The van der Waals surface area contributed by atoms with Crippen LogP contribution in [0.2, 0.25) is 0 Å². The van der Waals surface area contributed by atoms with Crippen LogP contribution in [0.5, 0.6) is 0 Å². The highest BCUT2D eigenvalue weighted by molar-refractivity contribution is 5.82. The van der Waals surface area contributed by atoms with Gasteiger partial charge in [0, 0.05) is 13.1 Å². The van der Waals surface area contributed by atoms with Gasteiger partial charge < -0.3 is 14.4 Å². The third-order valence-electron chi connectivity index (χ3n) is 3.07. The zero-order valence-corrected chi connectivity index (χ0v) is 14.3. The number of hydrogen-bond donors (Lipinski definition) is 0. The molecule has 21 heavy (non-hydrogen) atoms. The van der Waals surface area contributed by atoms with Gasteiger partial charge in [-0.3, -0.25) is 0 Å². The van der Waals surface area contributed by atoms with E-state index in [1.807, 2.05) is 34.6 Å². The van der Waals surface area contributed by atoms with E-state index in [1.165, 1.54) is 11.0 Å². The molecule has 2 atom stereocenters. The van der Waals surface area contributed by atoms with E-state index in [2.05, 4.69) is 0 Å². The highest BCUT2D eigenvalue weighted by Crippen LogP contribution is 2.18. The van der Waals surface area contributed by atoms with E-state index >= 15 is 0 Å². The molecule has 0 radical (unpaired) electrons. The van der Waals surface area contributed by atoms with Gasteiger partial charge in [0.15, 0.2) is 0 Å². The van der Waals surface area contributed by atoms with Crippen LogP contribution in [0.1, 0.15) is 48.0 Å². The summed E-state index contributed by atoms with van der Waals surface area (Å²) in [4.78, 5) is 25.1. The number of carbonyl (C=O) groups is 2. The second-order valence-electron chi connectivity index (χ2n) is 6.08. The summed E-state index contributed by atoms with van der Waals surface area (Å²) in [7, 11) is 1.68. The Labute approximate surface area is 128 Å². The van der Waals surface area contributed by atoms with Crippen molar-refractivity contribution >= 4 is 12.1 Å². The molecule has 0 spiro atoms. The molecule has 1 amide bonds. The van der Waals surface area contributed by atoms with Gasteiger partial charge >= 0.3 is 12.1 Å². The van der Waals surface area contributed by atoms with Gasteiger partial charge in [0.1, 0.15) is 5.60 Å². The Bertz CT molecular complexity index is 371. The molecular weight excluding hydrogens is 270 g/mol. The molecule has 0 aromatic carbocycles. The molecule has 5 nitrogen and oxygen atoms in total. The summed E-state index contributed by atoms with van der Waals surface area (Å²) >= 11 is 0. The number of hydrogen-bond acceptors (Lipinski definition) is 4. The molecule has 0 heterocycles. The minimum absolute atomic E-state index is 0.202. The smallest absolute Gasteiger partial charge is 0.410 e. The SMILES string of the molecule is CCOC(=O)/C=C/[C@H]([C@@H](C)CC)N(C)C(=O)OC(C)(C)C. The van der Waals surface area contributed by atoms with Crippen molar-refractivity contribution in [3.63, 3.8) is 0 Å². The first-order valence-corrected chi connectivity index (χ1v) is 7.43. The normalized spacial score (nSPS) is 14.6. The molecule has 0 aliphatic heterocycles. The van der Waals surface area contributed by atoms with Crippen LogP contribution >= 0.6 is 0 Å². The van der Waals surface area contributed by atoms with Crippen LogP contribution in [0, 0.1) is 5.92 Å². The van der Waals surface area contributed by atoms with Crippen molar-refractivity contribution in [1.29, 1.82) is 0 Å². The standard InChI is InChI=1S/C16H29NO4/c1-8-12(3)13(10-11-14(18)20-9-2)17(7)15(19)21-16(4,5)6/h10-13H,8-9H2,1-7H3/b11-10+/t12-,13+/m0/s1. The van der Waals surface area contributed by atoms with E-state index in [9.17, 15) is 9.59 Å². The molecule has 0 saturated carbocycles. The van der Waals surface area contributed by atoms with E-state index in [4.69, 9.17) is 9.47 Å². The first-order chi connectivity index (χ1) is 9.62. The number of amides is 1. The second kappa shape index (κ2) is 8.70. The van der Waals surface area contributed by atoms with Gasteiger partial charge in [0.05, 0.1) is 12.6 Å². The monoisotopic (exact) mass is 299 g/mol. The quantitative estimate of drug-likeness (QED) is 0.557. The minimum Gasteiger partial charge on any atom is -0.463 e. The fourth-order valence-electron chi connectivity index (χ4n) is 1.77. The van der Waals surface area contributed by atoms with Crippen molar-refractivity contribution in [3.8, 4) is 0 Å². The molecular formula is C16H29NO4. The number of rotatable bonds is 6. The van der Waals surface area contributed by atoms with Crippen LogP contribution in [0.4, 0.5) is 4.79 Å². The van der Waals surface area contributed by atoms with Gasteiger partial charge in [-0.1, -0.05) is 26.3 Å². The topological polar surface area (TPSA) is 55.8 Å². The average Bonchev–Trinajstić information content (AvgIpc) is 2.36. The van der Waals surface area contributed by atoms with Gasteiger partial charge in [-0.25, -0.2) is 9.59 Å². The molecule has 0 aromatic heterocycles. The van der Waals surface area contributed by atoms with E-state index in [-0.39, 0.29) is 12.0 Å². The predicted octanol–water partition coefficient (Wildman–Crippen LogP) is 3.39. The maximum absolute atomic E-state index is 12.1. The molecule has 0 aliphatic carbocycles. The van der Waals surface area contributed by atoms with Gasteiger partial charge in [0.25, 0.3) is 0 Å². The highest BCUT2D eigenvalue weighted by atomic mass is 16.6.